The molecule has 2 rings (SSSR count). The van der Waals surface area contributed by atoms with Crippen LogP contribution in [-0.4, -0.2) is 108 Å². The average Bonchev–Trinajstić information content (AvgIpc) is 3.61. The van der Waals surface area contributed by atoms with E-state index in [1.54, 1.807) is 6.08 Å². The lowest BCUT2D eigenvalue weighted by atomic mass is 10.0. The van der Waals surface area contributed by atoms with E-state index in [2.05, 4.69) is 83.9 Å². The van der Waals surface area contributed by atoms with E-state index in [9.17, 15) is 53.7 Å². The van der Waals surface area contributed by atoms with Crippen LogP contribution in [-0.2, 0) is 46.3 Å². The first-order valence-corrected chi connectivity index (χ1v) is 27.8. The van der Waals surface area contributed by atoms with Gasteiger partial charge in [-0.15, -0.1) is 0 Å². The number of hydrogen-bond donors (Lipinski definition) is 7. The molecule has 2 heterocycles. The van der Waals surface area contributed by atoms with Crippen molar-refractivity contribution in [3.05, 3.63) is 108 Å². The van der Waals surface area contributed by atoms with Crippen LogP contribution in [0.5, 0.6) is 0 Å². The molecule has 1 saturated heterocycles. The van der Waals surface area contributed by atoms with Crippen LogP contribution in [0.1, 0.15) is 136 Å². The van der Waals surface area contributed by atoms with Crippen molar-refractivity contribution in [1.29, 1.82) is 0 Å². The van der Waals surface area contributed by atoms with Crippen molar-refractivity contribution in [3.8, 4) is 0 Å². The van der Waals surface area contributed by atoms with Crippen LogP contribution >= 0.6 is 15.6 Å². The number of ether oxygens (including phenoxy) is 3. The number of hydrogen-bond acceptors (Lipinski definition) is 17. The third-order valence-electron chi connectivity index (χ3n) is 10.7. The lowest BCUT2D eigenvalue weighted by Gasteiger charge is -2.22. The van der Waals surface area contributed by atoms with E-state index in [0.29, 0.717) is 12.8 Å². The number of allylic oxidation sites excluding steroid dienone is 13. The van der Waals surface area contributed by atoms with E-state index in [4.69, 9.17) is 29.0 Å². The number of nitrogens with two attached hydrogens (primary N) is 1. The zero-order valence-electron chi connectivity index (χ0n) is 41.7. The molecule has 2 unspecified atom stereocenters. The summed E-state index contributed by atoms with van der Waals surface area (Å²) in [5, 5.41) is 41.8. The topological polar surface area (TPSA) is 306 Å². The van der Waals surface area contributed by atoms with Crippen molar-refractivity contribution in [2.75, 3.05) is 25.6 Å². The summed E-state index contributed by atoms with van der Waals surface area (Å²) in [6, 6.07) is 1.23. The van der Waals surface area contributed by atoms with Crippen molar-refractivity contribution < 1.29 is 76.5 Å². The molecule has 0 saturated carbocycles. The quantitative estimate of drug-likeness (QED) is 0.0143. The van der Waals surface area contributed by atoms with Crippen LogP contribution in [0.4, 0.5) is 5.82 Å². The Labute approximate surface area is 423 Å². The zero-order valence-corrected chi connectivity index (χ0v) is 43.5. The summed E-state index contributed by atoms with van der Waals surface area (Å²) in [5.41, 5.74) is 4.55. The highest BCUT2D eigenvalue weighted by molar-refractivity contribution is 7.61. The minimum Gasteiger partial charge on any atom is -0.462 e. The first-order chi connectivity index (χ1) is 34.5. The van der Waals surface area contributed by atoms with Gasteiger partial charge in [0, 0.05) is 19.0 Å². The number of phosphoric acid groups is 2. The molecule has 0 aliphatic carbocycles. The van der Waals surface area contributed by atoms with Gasteiger partial charge in [-0.2, -0.15) is 9.29 Å². The smallest absolute Gasteiger partial charge is 0.462 e. The van der Waals surface area contributed by atoms with Gasteiger partial charge in [0.1, 0.15) is 30.7 Å². The van der Waals surface area contributed by atoms with Gasteiger partial charge in [-0.3, -0.25) is 23.2 Å². The van der Waals surface area contributed by atoms with Crippen molar-refractivity contribution in [2.24, 2.45) is 0 Å². The summed E-state index contributed by atoms with van der Waals surface area (Å²) in [6.07, 6.45) is 31.1. The molecule has 22 heteroatoms. The lowest BCUT2D eigenvalue weighted by Crippen LogP contribution is -2.36. The second kappa shape index (κ2) is 37.6. The number of carbonyl (C=O) groups is 2. The minimum atomic E-state index is -5.51. The average molecular weight is 1060 g/mol. The molecule has 20 nitrogen and oxygen atoms in total. The van der Waals surface area contributed by atoms with Gasteiger partial charge in [0.25, 0.3) is 0 Å². The van der Waals surface area contributed by atoms with Crippen LogP contribution in [0.2, 0.25) is 0 Å². The molecule has 0 aromatic carbocycles. The van der Waals surface area contributed by atoms with Crippen molar-refractivity contribution in [3.63, 3.8) is 0 Å². The van der Waals surface area contributed by atoms with Crippen LogP contribution < -0.4 is 11.4 Å². The van der Waals surface area contributed by atoms with E-state index in [-0.39, 0.29) is 37.9 Å². The number of unbranched alkanes of at least 4 members (excludes halogenated alkanes) is 5. The number of carbonyl (C=O) groups excluding carboxylic acids is 2. The Kier molecular flexibility index (Phi) is 33.4. The number of anilines is 1. The van der Waals surface area contributed by atoms with E-state index >= 15 is 0 Å². The number of esters is 2. The Morgan fingerprint density at radius 1 is 0.722 bits per heavy atom. The van der Waals surface area contributed by atoms with Crippen LogP contribution in [0, 0.1) is 0 Å². The fraction of sp³-hybridized carbons (Fsp3) is 0.600. The summed E-state index contributed by atoms with van der Waals surface area (Å²) < 4.78 is 56.5. The van der Waals surface area contributed by atoms with E-state index < -0.39 is 95.9 Å². The van der Waals surface area contributed by atoms with Gasteiger partial charge >= 0.3 is 33.3 Å². The normalized spacial score (nSPS) is 20.7. The second-order valence-electron chi connectivity index (χ2n) is 16.9. The molecule has 0 spiro atoms. The first kappa shape index (κ1) is 64.0. The Bertz CT molecular complexity index is 2070. The van der Waals surface area contributed by atoms with Gasteiger partial charge in [0.2, 0.25) is 0 Å². The number of nitrogen functional groups attached to an aromatic ring is 1. The van der Waals surface area contributed by atoms with E-state index in [1.165, 1.54) is 6.07 Å². The molecule has 0 radical (unpaired) electrons. The van der Waals surface area contributed by atoms with Crippen LogP contribution in [0.15, 0.2) is 102 Å². The monoisotopic (exact) mass is 1060 g/mol. The largest absolute Gasteiger partial charge is 0.481 e. The summed E-state index contributed by atoms with van der Waals surface area (Å²) in [4.78, 5) is 61.9. The highest BCUT2D eigenvalue weighted by Crippen LogP contribution is 2.60. The highest BCUT2D eigenvalue weighted by atomic mass is 31.3. The maximum absolute atomic E-state index is 12.9. The summed E-state index contributed by atoms with van der Waals surface area (Å²) >= 11 is 0. The maximum atomic E-state index is 12.9. The molecule has 0 bridgehead atoms. The van der Waals surface area contributed by atoms with Gasteiger partial charge in [-0.25, -0.2) is 13.9 Å². The third kappa shape index (κ3) is 29.5. The molecule has 9 atom stereocenters. The SMILES string of the molecule is CC/C=C\C/C=C\C/C=C\C/C=C\C[C@@H](O)[C@H](O)CCCC(=O)O[C@H](COC(=O)CCCCCCC/C=C\C/C=C\C/C=C\CC)COP(=O)(O)OP(=O)(O)OC[C@H]1O[C@@H](n2ccc(N)nc2=O)[C@H](O)[C@@H]1O. The van der Waals surface area contributed by atoms with E-state index in [0.717, 1.165) is 81.4 Å². The number of aromatic nitrogens is 2. The second-order valence-corrected chi connectivity index (χ2v) is 19.9. The first-order valence-electron chi connectivity index (χ1n) is 24.8. The Morgan fingerprint density at radius 3 is 1.88 bits per heavy atom. The molecule has 1 aliphatic rings. The van der Waals surface area contributed by atoms with Gasteiger partial charge in [0.15, 0.2) is 12.3 Å². The molecule has 0 amide bonds. The molecule has 406 valence electrons. The molecule has 1 aromatic rings. The fourth-order valence-corrected chi connectivity index (χ4v) is 8.88. The molecular formula is C50H79N3O17P2. The molecule has 1 fully saturated rings. The molecule has 8 N–H and O–H groups in total. The number of rotatable bonds is 39. The van der Waals surface area contributed by atoms with Crippen molar-refractivity contribution >= 4 is 33.4 Å². The van der Waals surface area contributed by atoms with Crippen molar-refractivity contribution in [1.82, 2.24) is 9.55 Å². The summed E-state index contributed by atoms with van der Waals surface area (Å²) in [5.74, 6) is -1.63. The predicted octanol–water partition coefficient (Wildman–Crippen LogP) is 7.83. The number of nitrogens with zero attached hydrogens (tertiary/aromatic N) is 2. The highest BCUT2D eigenvalue weighted by Gasteiger charge is 2.46. The third-order valence-corrected chi connectivity index (χ3v) is 13.3. The maximum Gasteiger partial charge on any atom is 0.481 e. The standard InChI is InChI=1S/C50H79N3O17P2/c1-3-5-7-9-11-13-15-17-18-19-21-23-25-27-29-33-45(56)65-37-40(68-46(57)34-30-32-42(55)41(54)31-28-26-24-22-20-16-14-12-10-8-6-4-2)38-66-71(61,62)70-72(63,64)67-39-43-47(58)48(59)49(69-43)53-36-35-44(51)52-50(53)60/h5-8,11-14,17-18,20,22,26,28,35-36,40-43,47-49,54-55,58-59H,3-4,9-10,15-16,19,21,23-25,27,29-34,37-39H2,1-2H3,(H,61,62)(H,63,64)(H2,51,52,60)/b7-5-,8-6-,13-11-,14-12-,18-17-,22-20-,28-26-/t40-,41-,42-,43-,47-,48-,49-/m1/s1. The fourth-order valence-electron chi connectivity index (χ4n) is 6.77. The van der Waals surface area contributed by atoms with Gasteiger partial charge in [-0.05, 0) is 89.5 Å². The Hall–Kier alpha value is -4.14. The summed E-state index contributed by atoms with van der Waals surface area (Å²) in [7, 11) is -11.0. The van der Waals surface area contributed by atoms with Crippen molar-refractivity contribution in [2.45, 2.75) is 172 Å². The lowest BCUT2D eigenvalue weighted by molar-refractivity contribution is -0.161. The number of phosphoric ester groups is 2. The predicted molar refractivity (Wildman–Crippen MR) is 273 cm³/mol. The molecular weight excluding hydrogens is 977 g/mol. The number of aliphatic hydroxyl groups excluding tert-OH is 4. The van der Waals surface area contributed by atoms with Crippen LogP contribution in [0.3, 0.4) is 0 Å². The summed E-state index contributed by atoms with van der Waals surface area (Å²) in [6.45, 7) is 1.61. The molecule has 72 heavy (non-hydrogen) atoms. The van der Waals surface area contributed by atoms with Crippen LogP contribution in [0.25, 0.3) is 0 Å². The Morgan fingerprint density at radius 2 is 1.26 bits per heavy atom. The van der Waals surface area contributed by atoms with Gasteiger partial charge < -0.3 is 50.2 Å². The Balaban J connectivity index is 1.89. The molecule has 1 aliphatic heterocycles. The van der Waals surface area contributed by atoms with E-state index in [1.807, 2.05) is 18.2 Å². The zero-order chi connectivity index (χ0) is 53.0. The van der Waals surface area contributed by atoms with Gasteiger partial charge in [0.05, 0.1) is 25.4 Å². The number of aliphatic hydroxyl groups is 4. The minimum absolute atomic E-state index is 0.0246. The van der Waals surface area contributed by atoms with Gasteiger partial charge in [-0.1, -0.05) is 118 Å². The molecule has 1 aromatic heterocycles.